The van der Waals surface area contributed by atoms with Crippen molar-refractivity contribution in [3.05, 3.63) is 29.8 Å². The summed E-state index contributed by atoms with van der Waals surface area (Å²) in [4.78, 5) is 2.17. The molecule has 3 atom stereocenters. The Morgan fingerprint density at radius 1 is 1.33 bits per heavy atom. The van der Waals surface area contributed by atoms with Gasteiger partial charge in [0.05, 0.1) is 12.7 Å². The molecule has 1 aromatic carbocycles. The standard InChI is InChI=1S/C17H27NO2.ClH/c1-13-8-9-15(12-18(2)3)17(19,11-13)14-6-5-7-16(10-14)20-4;/h5-7,10,13,15,19H,8-9,11-12H2,1-4H3;1H/t13-,15-,17+;/m0./s1. The van der Waals surface area contributed by atoms with Gasteiger partial charge in [0.25, 0.3) is 0 Å². The number of halogens is 1. The van der Waals surface area contributed by atoms with Crippen LogP contribution in [-0.4, -0.2) is 37.8 Å². The van der Waals surface area contributed by atoms with Gasteiger partial charge in [0.15, 0.2) is 0 Å². The second kappa shape index (κ2) is 7.48. The minimum Gasteiger partial charge on any atom is -0.497 e. The first-order valence-electron chi connectivity index (χ1n) is 7.47. The summed E-state index contributed by atoms with van der Waals surface area (Å²) in [5.41, 5.74) is 0.256. The minimum atomic E-state index is -0.740. The molecule has 1 fully saturated rings. The molecule has 1 N–H and O–H groups in total. The molecule has 0 radical (unpaired) electrons. The lowest BCUT2D eigenvalue weighted by molar-refractivity contribution is -0.0766. The Hall–Kier alpha value is -0.770. The summed E-state index contributed by atoms with van der Waals surface area (Å²) in [6.07, 6.45) is 3.11. The maximum Gasteiger partial charge on any atom is 0.119 e. The Morgan fingerprint density at radius 2 is 2.05 bits per heavy atom. The molecular formula is C17H28ClNO2. The molecule has 1 aromatic rings. The maximum atomic E-state index is 11.4. The van der Waals surface area contributed by atoms with Crippen LogP contribution >= 0.6 is 12.4 Å². The van der Waals surface area contributed by atoms with Crippen LogP contribution in [0.5, 0.6) is 5.75 Å². The van der Waals surface area contributed by atoms with Crippen molar-refractivity contribution in [3.63, 3.8) is 0 Å². The molecule has 0 saturated heterocycles. The van der Waals surface area contributed by atoms with Crippen molar-refractivity contribution in [2.24, 2.45) is 11.8 Å². The van der Waals surface area contributed by atoms with Gasteiger partial charge in [-0.2, -0.15) is 0 Å². The summed E-state index contributed by atoms with van der Waals surface area (Å²) in [5.74, 6) is 1.66. The first kappa shape index (κ1) is 18.3. The summed E-state index contributed by atoms with van der Waals surface area (Å²) < 4.78 is 5.31. The van der Waals surface area contributed by atoms with Gasteiger partial charge in [-0.1, -0.05) is 25.5 Å². The Kier molecular flexibility index (Phi) is 6.51. The molecule has 0 heterocycles. The molecular weight excluding hydrogens is 286 g/mol. The highest BCUT2D eigenvalue weighted by molar-refractivity contribution is 5.85. The van der Waals surface area contributed by atoms with Crippen molar-refractivity contribution < 1.29 is 9.84 Å². The molecule has 1 saturated carbocycles. The predicted molar refractivity (Wildman–Crippen MR) is 89.2 cm³/mol. The van der Waals surface area contributed by atoms with E-state index in [0.717, 1.165) is 30.7 Å². The Morgan fingerprint density at radius 3 is 2.67 bits per heavy atom. The van der Waals surface area contributed by atoms with Gasteiger partial charge in [0.1, 0.15) is 5.75 Å². The van der Waals surface area contributed by atoms with Crippen molar-refractivity contribution >= 4 is 12.4 Å². The third-order valence-corrected chi connectivity index (χ3v) is 4.50. The highest BCUT2D eigenvalue weighted by Crippen LogP contribution is 2.44. The van der Waals surface area contributed by atoms with Crippen LogP contribution in [0.4, 0.5) is 0 Å². The van der Waals surface area contributed by atoms with Crippen molar-refractivity contribution in [3.8, 4) is 5.75 Å². The number of aliphatic hydroxyl groups is 1. The highest BCUT2D eigenvalue weighted by Gasteiger charge is 2.42. The predicted octanol–water partition coefficient (Wildman–Crippen LogP) is 3.30. The minimum absolute atomic E-state index is 0. The molecule has 21 heavy (non-hydrogen) atoms. The maximum absolute atomic E-state index is 11.4. The molecule has 1 aliphatic rings. The van der Waals surface area contributed by atoms with Gasteiger partial charge in [0.2, 0.25) is 0 Å². The average molecular weight is 314 g/mol. The monoisotopic (exact) mass is 313 g/mol. The largest absolute Gasteiger partial charge is 0.497 e. The third kappa shape index (κ3) is 4.12. The van der Waals surface area contributed by atoms with Crippen LogP contribution in [0.1, 0.15) is 31.7 Å². The molecule has 0 aliphatic heterocycles. The molecule has 0 bridgehead atoms. The fourth-order valence-corrected chi connectivity index (χ4v) is 3.45. The van der Waals surface area contributed by atoms with Gasteiger partial charge in [0, 0.05) is 12.5 Å². The van der Waals surface area contributed by atoms with Gasteiger partial charge in [-0.25, -0.2) is 0 Å². The van der Waals surface area contributed by atoms with Crippen molar-refractivity contribution in [1.29, 1.82) is 0 Å². The first-order valence-corrected chi connectivity index (χ1v) is 7.47. The average Bonchev–Trinajstić information content (AvgIpc) is 2.42. The van der Waals surface area contributed by atoms with Crippen molar-refractivity contribution in [1.82, 2.24) is 4.90 Å². The first-order chi connectivity index (χ1) is 9.45. The molecule has 4 heteroatoms. The Labute approximate surface area is 134 Å². The SMILES string of the molecule is COc1cccc([C@]2(O)C[C@@H](C)CC[C@H]2CN(C)C)c1.Cl. The molecule has 0 amide bonds. The number of benzene rings is 1. The molecule has 0 aromatic heterocycles. The summed E-state index contributed by atoms with van der Waals surface area (Å²) in [6, 6.07) is 7.92. The molecule has 2 rings (SSSR count). The number of ether oxygens (including phenoxy) is 1. The van der Waals surface area contributed by atoms with Crippen molar-refractivity contribution in [2.75, 3.05) is 27.7 Å². The van der Waals surface area contributed by atoms with Gasteiger partial charge >= 0.3 is 0 Å². The lowest BCUT2D eigenvalue weighted by Gasteiger charge is -2.44. The normalized spacial score (nSPS) is 29.0. The van der Waals surface area contributed by atoms with E-state index in [1.54, 1.807) is 7.11 Å². The quantitative estimate of drug-likeness (QED) is 0.925. The smallest absolute Gasteiger partial charge is 0.119 e. The molecule has 3 nitrogen and oxygen atoms in total. The summed E-state index contributed by atoms with van der Waals surface area (Å²) in [7, 11) is 5.82. The molecule has 1 aliphatic carbocycles. The van der Waals surface area contributed by atoms with Gasteiger partial charge in [-0.3, -0.25) is 0 Å². The number of nitrogens with zero attached hydrogens (tertiary/aromatic N) is 1. The van der Waals surface area contributed by atoms with E-state index < -0.39 is 5.60 Å². The van der Waals surface area contributed by atoms with E-state index >= 15 is 0 Å². The zero-order valence-corrected chi connectivity index (χ0v) is 14.3. The fourth-order valence-electron chi connectivity index (χ4n) is 3.45. The van der Waals surface area contributed by atoms with Gasteiger partial charge in [-0.05, 0) is 50.6 Å². The van der Waals surface area contributed by atoms with Gasteiger partial charge < -0.3 is 14.7 Å². The summed E-state index contributed by atoms with van der Waals surface area (Å²) >= 11 is 0. The van der Waals surface area contributed by atoms with Crippen LogP contribution in [0, 0.1) is 11.8 Å². The molecule has 0 unspecified atom stereocenters. The van der Waals surface area contributed by atoms with E-state index in [4.69, 9.17) is 4.74 Å². The lowest BCUT2D eigenvalue weighted by atomic mass is 9.68. The summed E-state index contributed by atoms with van der Waals surface area (Å²) in [6.45, 7) is 3.15. The number of methoxy groups -OCH3 is 1. The lowest BCUT2D eigenvalue weighted by Crippen LogP contribution is -2.45. The van der Waals surface area contributed by atoms with Crippen LogP contribution in [0.15, 0.2) is 24.3 Å². The van der Waals surface area contributed by atoms with Crippen LogP contribution in [0.3, 0.4) is 0 Å². The topological polar surface area (TPSA) is 32.7 Å². The van der Waals surface area contributed by atoms with E-state index in [0.29, 0.717) is 5.92 Å². The van der Waals surface area contributed by atoms with Crippen LogP contribution in [0.25, 0.3) is 0 Å². The summed E-state index contributed by atoms with van der Waals surface area (Å²) in [5, 5.41) is 11.4. The number of hydrogen-bond acceptors (Lipinski definition) is 3. The van der Waals surface area contributed by atoms with E-state index in [1.807, 2.05) is 24.3 Å². The zero-order chi connectivity index (χ0) is 14.8. The second-order valence-electron chi connectivity index (χ2n) is 6.50. The third-order valence-electron chi connectivity index (χ3n) is 4.50. The zero-order valence-electron chi connectivity index (χ0n) is 13.5. The molecule has 0 spiro atoms. The number of rotatable bonds is 4. The van der Waals surface area contributed by atoms with Crippen LogP contribution in [-0.2, 0) is 5.60 Å². The van der Waals surface area contributed by atoms with E-state index in [9.17, 15) is 5.11 Å². The van der Waals surface area contributed by atoms with E-state index in [-0.39, 0.29) is 18.3 Å². The Balaban J connectivity index is 0.00000220. The second-order valence-corrected chi connectivity index (χ2v) is 6.50. The van der Waals surface area contributed by atoms with Crippen molar-refractivity contribution in [2.45, 2.75) is 31.8 Å². The number of hydrogen-bond donors (Lipinski definition) is 1. The highest BCUT2D eigenvalue weighted by atomic mass is 35.5. The van der Waals surface area contributed by atoms with Gasteiger partial charge in [-0.15, -0.1) is 12.4 Å². The van der Waals surface area contributed by atoms with Crippen LogP contribution in [0.2, 0.25) is 0 Å². The van der Waals surface area contributed by atoms with Crippen LogP contribution < -0.4 is 4.74 Å². The molecule has 120 valence electrons. The van der Waals surface area contributed by atoms with E-state index in [2.05, 4.69) is 25.9 Å². The Bertz CT molecular complexity index is 452. The van der Waals surface area contributed by atoms with E-state index in [1.165, 1.54) is 6.42 Å². The fraction of sp³-hybridized carbons (Fsp3) is 0.647.